The third-order valence-corrected chi connectivity index (χ3v) is 16.2. The Bertz CT molecular complexity index is 2980. The maximum Gasteiger partial charge on any atom is 0.316 e. The Labute approximate surface area is 439 Å². The van der Waals surface area contributed by atoms with Gasteiger partial charge in [-0.15, -0.1) is 22.7 Å². The highest BCUT2D eigenvalue weighted by molar-refractivity contribution is 7.17. The normalized spacial score (nSPS) is 14.8. The van der Waals surface area contributed by atoms with Crippen LogP contribution in [0.15, 0.2) is 120 Å². The minimum absolute atomic E-state index is 0.00297. The zero-order chi connectivity index (χ0) is 50.7. The minimum Gasteiger partial charge on any atom is -0.494 e. The molecule has 0 bridgehead atoms. The van der Waals surface area contributed by atoms with Gasteiger partial charge in [0.15, 0.2) is 0 Å². The number of piperazine rings is 2. The van der Waals surface area contributed by atoms with Gasteiger partial charge in [-0.1, -0.05) is 12.1 Å². The molecule has 14 nitrogen and oxygen atoms in total. The molecule has 0 saturated carbocycles. The Morgan fingerprint density at radius 2 is 1.01 bits per heavy atom. The van der Waals surface area contributed by atoms with Crippen molar-refractivity contribution in [2.24, 2.45) is 5.41 Å². The highest BCUT2D eigenvalue weighted by Crippen LogP contribution is 2.34. The fourth-order valence-electron chi connectivity index (χ4n) is 10.1. The molecule has 386 valence electrons. The molecule has 2 saturated heterocycles. The summed E-state index contributed by atoms with van der Waals surface area (Å²) in [6.45, 7) is 10.9. The van der Waals surface area contributed by atoms with Crippen LogP contribution in [0.5, 0.6) is 23.3 Å². The number of benzene rings is 4. The van der Waals surface area contributed by atoms with Gasteiger partial charge in [0.2, 0.25) is 11.8 Å². The van der Waals surface area contributed by atoms with Crippen LogP contribution in [0.3, 0.4) is 0 Å². The predicted molar refractivity (Wildman–Crippen MR) is 296 cm³/mol. The molecule has 4 aromatic carbocycles. The lowest BCUT2D eigenvalue weighted by Gasteiger charge is -2.36. The Morgan fingerprint density at radius 1 is 0.541 bits per heavy atom. The summed E-state index contributed by atoms with van der Waals surface area (Å²) < 4.78 is 27.3. The Hall–Kier alpha value is -6.72. The molecule has 0 atom stereocenters. The topological polar surface area (TPSA) is 150 Å². The monoisotopic (exact) mass is 1040 g/mol. The summed E-state index contributed by atoms with van der Waals surface area (Å²) in [5.41, 5.74) is 2.37. The molecule has 0 unspecified atom stereocenters. The van der Waals surface area contributed by atoms with E-state index in [0.717, 1.165) is 102 Å². The zero-order valence-corrected chi connectivity index (χ0v) is 43.4. The average molecular weight is 1040 g/mol. The first-order valence-electron chi connectivity index (χ1n) is 25.9. The first kappa shape index (κ1) is 50.8. The molecule has 74 heavy (non-hydrogen) atoms. The van der Waals surface area contributed by atoms with Gasteiger partial charge in [-0.3, -0.25) is 19.4 Å². The van der Waals surface area contributed by atoms with Gasteiger partial charge in [0.05, 0.1) is 24.2 Å². The van der Waals surface area contributed by atoms with Crippen molar-refractivity contribution in [1.29, 1.82) is 0 Å². The lowest BCUT2D eigenvalue weighted by atomic mass is 9.84. The van der Waals surface area contributed by atoms with Gasteiger partial charge in [0.25, 0.3) is 0 Å². The molecular formula is C58H64N6O8S2. The van der Waals surface area contributed by atoms with Crippen molar-refractivity contribution in [2.45, 2.75) is 44.9 Å². The second-order valence-corrected chi connectivity index (χ2v) is 21.3. The number of hydrogen-bond acceptors (Lipinski definition) is 14. The van der Waals surface area contributed by atoms with Crippen LogP contribution in [0.25, 0.3) is 42.0 Å². The number of nitrogens with zero attached hydrogens (tertiary/aromatic N) is 6. The van der Waals surface area contributed by atoms with Crippen molar-refractivity contribution in [1.82, 2.24) is 19.8 Å². The van der Waals surface area contributed by atoms with E-state index < -0.39 is 17.4 Å². The molecule has 2 N–H and O–H groups in total. The smallest absolute Gasteiger partial charge is 0.316 e. The molecule has 16 heteroatoms. The summed E-state index contributed by atoms with van der Waals surface area (Å²) in [4.78, 5) is 44.2. The number of carbonyl (C=O) groups is 2. The van der Waals surface area contributed by atoms with Crippen molar-refractivity contribution >= 4 is 88.0 Å². The predicted octanol–water partition coefficient (Wildman–Crippen LogP) is 11.0. The number of aromatic nitrogens is 2. The summed E-state index contributed by atoms with van der Waals surface area (Å²) >= 11 is 3.59. The van der Waals surface area contributed by atoms with E-state index in [1.807, 2.05) is 48.5 Å². The highest BCUT2D eigenvalue weighted by Gasteiger charge is 2.41. The minimum atomic E-state index is -1.60. The molecule has 10 rings (SSSR count). The van der Waals surface area contributed by atoms with E-state index in [0.29, 0.717) is 35.7 Å². The fourth-order valence-corrected chi connectivity index (χ4v) is 11.7. The van der Waals surface area contributed by atoms with Gasteiger partial charge >= 0.3 is 11.9 Å². The van der Waals surface area contributed by atoms with Crippen LogP contribution >= 0.6 is 22.7 Å². The van der Waals surface area contributed by atoms with Crippen molar-refractivity contribution in [2.75, 3.05) is 102 Å². The van der Waals surface area contributed by atoms with Gasteiger partial charge < -0.3 is 39.0 Å². The number of carboxylic acid groups (broad SMARTS) is 2. The van der Waals surface area contributed by atoms with Crippen molar-refractivity contribution in [3.05, 3.63) is 120 Å². The molecule has 2 aliphatic heterocycles. The molecule has 0 aliphatic carbocycles. The van der Waals surface area contributed by atoms with Crippen LogP contribution in [-0.4, -0.2) is 134 Å². The van der Waals surface area contributed by atoms with E-state index in [4.69, 9.17) is 28.9 Å². The number of hydrogen-bond donors (Lipinski definition) is 2. The number of fused-ring (bicyclic) bond motifs is 4. The molecule has 0 spiro atoms. The lowest BCUT2D eigenvalue weighted by molar-refractivity contribution is -0.154. The Balaban J connectivity index is 0.685. The molecule has 2 aliphatic rings. The number of thiophene rings is 2. The second kappa shape index (κ2) is 24.1. The Morgan fingerprint density at radius 3 is 1.47 bits per heavy atom. The zero-order valence-electron chi connectivity index (χ0n) is 41.7. The molecule has 8 aromatic rings. The third kappa shape index (κ3) is 12.6. The molecule has 0 amide bonds. The lowest BCUT2D eigenvalue weighted by Crippen LogP contribution is -2.46. The van der Waals surface area contributed by atoms with Gasteiger partial charge in [-0.25, -0.2) is 9.97 Å². The highest BCUT2D eigenvalue weighted by atomic mass is 32.1. The number of ether oxygens (including phenoxy) is 4. The van der Waals surface area contributed by atoms with E-state index in [1.165, 1.54) is 31.5 Å². The summed E-state index contributed by atoms with van der Waals surface area (Å²) in [7, 11) is 0. The number of anilines is 2. The molecule has 6 heterocycles. The third-order valence-electron chi connectivity index (χ3n) is 14.4. The first-order chi connectivity index (χ1) is 36.2. The number of pyridine rings is 2. The number of unbranched alkanes of at least 4 members (excludes halogenated alkanes) is 2. The van der Waals surface area contributed by atoms with Gasteiger partial charge in [0.1, 0.15) is 30.1 Å². The average Bonchev–Trinajstić information content (AvgIpc) is 4.12. The van der Waals surface area contributed by atoms with E-state index in [1.54, 1.807) is 34.8 Å². The van der Waals surface area contributed by atoms with Crippen LogP contribution in [0, 0.1) is 5.41 Å². The maximum absolute atomic E-state index is 13.1. The second-order valence-electron chi connectivity index (χ2n) is 19.4. The number of rotatable bonds is 25. The van der Waals surface area contributed by atoms with Crippen LogP contribution in [0.4, 0.5) is 11.4 Å². The van der Waals surface area contributed by atoms with Crippen molar-refractivity contribution in [3.63, 3.8) is 0 Å². The van der Waals surface area contributed by atoms with Crippen molar-refractivity contribution < 1.29 is 38.7 Å². The summed E-state index contributed by atoms with van der Waals surface area (Å²) in [5.74, 6) is -0.307. The van der Waals surface area contributed by atoms with E-state index >= 15 is 0 Å². The van der Waals surface area contributed by atoms with Crippen LogP contribution in [-0.2, 0) is 9.59 Å². The number of carboxylic acids is 2. The van der Waals surface area contributed by atoms with Gasteiger partial charge in [-0.05, 0) is 135 Å². The van der Waals surface area contributed by atoms with Crippen LogP contribution in [0.1, 0.15) is 44.9 Å². The molecule has 2 fully saturated rings. The molecular weight excluding hydrogens is 973 g/mol. The standard InChI is InChI=1S/C58H64N6O8S2/c65-56(66)12-7-23-58(57(67)68,40-71-54-19-15-42-13-17-44(38-48(42)59-54)69-34-3-1-24-61-26-30-63(31-27-61)50-8-5-10-52-46(50)21-36-73-52)41-72-55-20-16-43-14-18-45(39-49(43)60-55)70-35-4-2-25-62-28-32-64(33-29-62)51-9-6-11-53-47(51)22-37-74-53/h5-6,8-11,13-22,36-39H,1-4,7,12,23-35,40-41H2,(H,65,66)(H,67,68). The Kier molecular flexibility index (Phi) is 16.5. The van der Waals surface area contributed by atoms with E-state index in [9.17, 15) is 19.8 Å². The SMILES string of the molecule is O=C(O)CCCC(COc1ccc2ccc(OCCCCN3CCN(c4cccc5sccc45)CC3)cc2n1)(COc1ccc2ccc(OCCCCN3CCN(c4cccc5sccc45)CC3)cc2n1)C(=O)O. The first-order valence-corrected chi connectivity index (χ1v) is 27.7. The number of aliphatic carboxylic acids is 2. The fraction of sp³-hybridized carbons (Fsp3) is 0.379. The van der Waals surface area contributed by atoms with Gasteiger partial charge in [-0.2, -0.15) is 0 Å². The van der Waals surface area contributed by atoms with Crippen LogP contribution in [0.2, 0.25) is 0 Å². The van der Waals surface area contributed by atoms with E-state index in [-0.39, 0.29) is 44.2 Å². The molecule has 4 aromatic heterocycles. The van der Waals surface area contributed by atoms with Gasteiger partial charge in [0, 0.05) is 125 Å². The van der Waals surface area contributed by atoms with Crippen molar-refractivity contribution in [3.8, 4) is 23.3 Å². The summed E-state index contributed by atoms with van der Waals surface area (Å²) in [5, 5.41) is 29.0. The van der Waals surface area contributed by atoms with E-state index in [2.05, 4.69) is 78.9 Å². The molecule has 0 radical (unpaired) electrons. The summed E-state index contributed by atoms with van der Waals surface area (Å²) in [6.07, 6.45) is 3.82. The quantitative estimate of drug-likeness (QED) is 0.0523. The van der Waals surface area contributed by atoms with Crippen LogP contribution < -0.4 is 28.7 Å². The largest absolute Gasteiger partial charge is 0.494 e. The summed E-state index contributed by atoms with van der Waals surface area (Å²) in [6, 6.07) is 36.3. The maximum atomic E-state index is 13.1.